The van der Waals surface area contributed by atoms with Crippen molar-refractivity contribution in [2.75, 3.05) is 24.8 Å². The summed E-state index contributed by atoms with van der Waals surface area (Å²) in [5.74, 6) is -0.0191. The highest BCUT2D eigenvalue weighted by Crippen LogP contribution is 2.24. The van der Waals surface area contributed by atoms with Crippen LogP contribution < -0.4 is 10.1 Å². The number of para-hydroxylation sites is 1. The van der Waals surface area contributed by atoms with E-state index in [2.05, 4.69) is 15.5 Å². The van der Waals surface area contributed by atoms with E-state index in [4.69, 9.17) is 9.47 Å². The fourth-order valence-corrected chi connectivity index (χ4v) is 3.94. The van der Waals surface area contributed by atoms with E-state index in [1.807, 2.05) is 11.5 Å². The number of ether oxygens (including phenoxy) is 2. The van der Waals surface area contributed by atoms with E-state index in [0.29, 0.717) is 28.8 Å². The quantitative estimate of drug-likeness (QED) is 0.331. The van der Waals surface area contributed by atoms with Gasteiger partial charge in [-0.25, -0.2) is 4.39 Å². The van der Waals surface area contributed by atoms with Crippen molar-refractivity contribution in [2.45, 2.75) is 31.7 Å². The van der Waals surface area contributed by atoms with Crippen LogP contribution in [0.15, 0.2) is 53.7 Å². The number of thioether (sulfide) groups is 1. The average Bonchev–Trinajstić information content (AvgIpc) is 3.20. The highest BCUT2D eigenvalue weighted by molar-refractivity contribution is 7.99. The molecule has 1 heterocycles. The van der Waals surface area contributed by atoms with Gasteiger partial charge in [0.05, 0.1) is 18.4 Å². The van der Waals surface area contributed by atoms with Crippen molar-refractivity contribution in [3.05, 3.63) is 65.7 Å². The summed E-state index contributed by atoms with van der Waals surface area (Å²) in [7, 11) is 1.59. The Kier molecular flexibility index (Phi) is 8.56. The van der Waals surface area contributed by atoms with E-state index < -0.39 is 5.82 Å². The lowest BCUT2D eigenvalue weighted by atomic mass is 10.1. The van der Waals surface area contributed by atoms with Gasteiger partial charge in [-0.3, -0.25) is 14.2 Å². The first-order chi connectivity index (χ1) is 15.9. The molecular formula is C23H25FN4O4S. The summed E-state index contributed by atoms with van der Waals surface area (Å²) in [4.78, 5) is 23.8. The number of halogens is 1. The van der Waals surface area contributed by atoms with E-state index >= 15 is 0 Å². The number of Topliss-reactive ketones (excluding diaryl/α,β-unsaturated/α-hetero) is 1. The second-order valence-electron chi connectivity index (χ2n) is 7.26. The summed E-state index contributed by atoms with van der Waals surface area (Å²) in [6, 6.07) is 12.7. The molecule has 0 saturated carbocycles. The molecule has 33 heavy (non-hydrogen) atoms. The van der Waals surface area contributed by atoms with Gasteiger partial charge in [0.25, 0.3) is 0 Å². The number of aromatic nitrogens is 3. The zero-order chi connectivity index (χ0) is 23.8. The molecule has 8 nitrogen and oxygen atoms in total. The summed E-state index contributed by atoms with van der Waals surface area (Å²) < 4.78 is 26.5. The van der Waals surface area contributed by atoms with Crippen LogP contribution in [-0.2, 0) is 16.1 Å². The Morgan fingerprint density at radius 1 is 1.15 bits per heavy atom. The standard InChI is InChI=1S/C23H25FN4O4S/c1-15(12-31-3)28-21(13-32-20-7-5-4-6-19(20)24)26-27-23(28)33-14-22(30)25-18-10-8-17(9-11-18)16(2)29/h4-11,15H,12-14H2,1-3H3,(H,25,30)/t15-/m1/s1. The first-order valence-electron chi connectivity index (χ1n) is 10.2. The molecule has 3 rings (SSSR count). The molecule has 3 aromatic rings. The lowest BCUT2D eigenvalue weighted by Gasteiger charge is -2.17. The van der Waals surface area contributed by atoms with E-state index in [1.54, 1.807) is 43.5 Å². The average molecular weight is 473 g/mol. The van der Waals surface area contributed by atoms with Crippen molar-refractivity contribution in [1.29, 1.82) is 0 Å². The Labute approximate surface area is 195 Å². The van der Waals surface area contributed by atoms with Gasteiger partial charge in [0.2, 0.25) is 5.91 Å². The molecule has 0 aliphatic carbocycles. The smallest absolute Gasteiger partial charge is 0.234 e. The number of amides is 1. The van der Waals surface area contributed by atoms with Crippen molar-refractivity contribution in [2.24, 2.45) is 0 Å². The van der Waals surface area contributed by atoms with Crippen molar-refractivity contribution in [3.63, 3.8) is 0 Å². The van der Waals surface area contributed by atoms with Gasteiger partial charge < -0.3 is 14.8 Å². The van der Waals surface area contributed by atoms with E-state index in [0.717, 1.165) is 0 Å². The molecule has 0 spiro atoms. The van der Waals surface area contributed by atoms with Crippen LogP contribution in [0.25, 0.3) is 0 Å². The molecule has 174 valence electrons. The Bertz CT molecular complexity index is 1100. The third kappa shape index (κ3) is 6.62. The van der Waals surface area contributed by atoms with Crippen molar-refractivity contribution in [3.8, 4) is 5.75 Å². The Hall–Kier alpha value is -3.24. The number of nitrogens with zero attached hydrogens (tertiary/aromatic N) is 3. The summed E-state index contributed by atoms with van der Waals surface area (Å²) in [6.07, 6.45) is 0. The number of carbonyl (C=O) groups is 2. The zero-order valence-electron chi connectivity index (χ0n) is 18.6. The van der Waals surface area contributed by atoms with Gasteiger partial charge in [-0.1, -0.05) is 23.9 Å². The molecule has 2 aromatic carbocycles. The van der Waals surface area contributed by atoms with Crippen LogP contribution in [0.2, 0.25) is 0 Å². The highest BCUT2D eigenvalue weighted by atomic mass is 32.2. The van der Waals surface area contributed by atoms with Gasteiger partial charge in [-0.15, -0.1) is 10.2 Å². The fourth-order valence-electron chi connectivity index (χ4n) is 3.08. The summed E-state index contributed by atoms with van der Waals surface area (Å²) in [5.41, 5.74) is 1.17. The third-order valence-electron chi connectivity index (χ3n) is 4.68. The van der Waals surface area contributed by atoms with Crippen LogP contribution in [0, 0.1) is 5.82 Å². The molecular weight excluding hydrogens is 447 g/mol. The molecule has 1 aromatic heterocycles. The molecule has 1 atom stereocenters. The normalized spacial score (nSPS) is 11.8. The van der Waals surface area contributed by atoms with Gasteiger partial charge in [-0.05, 0) is 50.2 Å². The fraction of sp³-hybridized carbons (Fsp3) is 0.304. The predicted octanol–water partition coefficient (Wildman–Crippen LogP) is 4.14. The van der Waals surface area contributed by atoms with Crippen LogP contribution in [0.4, 0.5) is 10.1 Å². The molecule has 0 radical (unpaired) electrons. The van der Waals surface area contributed by atoms with E-state index in [1.165, 1.54) is 30.8 Å². The second kappa shape index (κ2) is 11.6. The first kappa shape index (κ1) is 24.4. The van der Waals surface area contributed by atoms with Crippen LogP contribution in [0.5, 0.6) is 5.75 Å². The lowest BCUT2D eigenvalue weighted by Crippen LogP contribution is -2.18. The number of hydrogen-bond acceptors (Lipinski definition) is 7. The van der Waals surface area contributed by atoms with Gasteiger partial charge in [0, 0.05) is 18.4 Å². The monoisotopic (exact) mass is 472 g/mol. The molecule has 0 aliphatic heterocycles. The maximum atomic E-state index is 13.9. The molecule has 0 bridgehead atoms. The number of benzene rings is 2. The lowest BCUT2D eigenvalue weighted by molar-refractivity contribution is -0.113. The molecule has 1 N–H and O–H groups in total. The van der Waals surface area contributed by atoms with Crippen molar-refractivity contribution >= 4 is 29.1 Å². The Morgan fingerprint density at radius 3 is 2.55 bits per heavy atom. The summed E-state index contributed by atoms with van der Waals surface area (Å²) >= 11 is 1.22. The topological polar surface area (TPSA) is 95.3 Å². The number of carbonyl (C=O) groups excluding carboxylic acids is 2. The van der Waals surface area contributed by atoms with Gasteiger partial charge in [-0.2, -0.15) is 0 Å². The molecule has 0 fully saturated rings. The first-order valence-corrected chi connectivity index (χ1v) is 11.2. The maximum absolute atomic E-state index is 13.9. The molecule has 0 aliphatic rings. The van der Waals surface area contributed by atoms with Crippen LogP contribution in [-0.4, -0.2) is 45.9 Å². The van der Waals surface area contributed by atoms with Crippen LogP contribution in [0.1, 0.15) is 36.1 Å². The number of nitrogens with one attached hydrogen (secondary N) is 1. The molecule has 0 saturated heterocycles. The third-order valence-corrected chi connectivity index (χ3v) is 5.63. The van der Waals surface area contributed by atoms with Crippen molar-refractivity contribution < 1.29 is 23.5 Å². The van der Waals surface area contributed by atoms with E-state index in [9.17, 15) is 14.0 Å². The zero-order valence-corrected chi connectivity index (χ0v) is 19.4. The Morgan fingerprint density at radius 2 is 1.88 bits per heavy atom. The molecule has 10 heteroatoms. The molecule has 1 amide bonds. The van der Waals surface area contributed by atoms with Crippen LogP contribution in [0.3, 0.4) is 0 Å². The number of methoxy groups -OCH3 is 1. The maximum Gasteiger partial charge on any atom is 0.234 e. The second-order valence-corrected chi connectivity index (χ2v) is 8.21. The number of ketones is 1. The van der Waals surface area contributed by atoms with Crippen molar-refractivity contribution in [1.82, 2.24) is 14.8 Å². The van der Waals surface area contributed by atoms with E-state index in [-0.39, 0.29) is 35.8 Å². The minimum absolute atomic E-state index is 0.0112. The van der Waals surface area contributed by atoms with Gasteiger partial charge in [0.1, 0.15) is 6.61 Å². The molecule has 0 unspecified atom stereocenters. The minimum atomic E-state index is -0.462. The summed E-state index contributed by atoms with van der Waals surface area (Å²) in [6.45, 7) is 3.82. The SMILES string of the molecule is COC[C@@H](C)n1c(COc2ccccc2F)nnc1SCC(=O)Nc1ccc(C(C)=O)cc1. The Balaban J connectivity index is 1.66. The number of anilines is 1. The van der Waals surface area contributed by atoms with Gasteiger partial charge >= 0.3 is 0 Å². The number of hydrogen-bond donors (Lipinski definition) is 1. The van der Waals surface area contributed by atoms with Crippen LogP contribution >= 0.6 is 11.8 Å². The highest BCUT2D eigenvalue weighted by Gasteiger charge is 2.20. The predicted molar refractivity (Wildman–Crippen MR) is 123 cm³/mol. The largest absolute Gasteiger partial charge is 0.483 e. The van der Waals surface area contributed by atoms with Gasteiger partial charge in [0.15, 0.2) is 28.3 Å². The number of rotatable bonds is 11. The minimum Gasteiger partial charge on any atom is -0.483 e. The summed E-state index contributed by atoms with van der Waals surface area (Å²) in [5, 5.41) is 11.7.